The Morgan fingerprint density at radius 3 is 2.07 bits per heavy atom. The van der Waals surface area contributed by atoms with E-state index in [0.717, 1.165) is 0 Å². The summed E-state index contributed by atoms with van der Waals surface area (Å²) in [4.78, 5) is 22.2. The van der Waals surface area contributed by atoms with Gasteiger partial charge in [0.2, 0.25) is 5.91 Å². The fourth-order valence-electron chi connectivity index (χ4n) is 1.39. The molecule has 0 aromatic heterocycles. The first kappa shape index (κ1) is 13.9. The van der Waals surface area contributed by atoms with Gasteiger partial charge >= 0.3 is 5.97 Å². The predicted octanol–water partition coefficient (Wildman–Crippen LogP) is 0.355. The molecule has 15 heavy (non-hydrogen) atoms. The Morgan fingerprint density at radius 2 is 1.73 bits per heavy atom. The lowest BCUT2D eigenvalue weighted by molar-refractivity contribution is -0.145. The zero-order valence-electron chi connectivity index (χ0n) is 9.59. The topological polar surface area (TPSA) is 78.4 Å². The van der Waals surface area contributed by atoms with Crippen LogP contribution in [-0.2, 0) is 9.59 Å². The molecule has 0 fully saturated rings. The number of likely N-dealkylation sites (N-methyl/N-ethyl adjacent to an activating group) is 1. The summed E-state index contributed by atoms with van der Waals surface area (Å²) < 4.78 is 0. The number of nitrogens with one attached hydrogen (secondary N) is 2. The van der Waals surface area contributed by atoms with Crippen LogP contribution in [0.2, 0.25) is 0 Å². The number of amides is 1. The van der Waals surface area contributed by atoms with Crippen LogP contribution >= 0.6 is 0 Å². The Bertz CT molecular complexity index is 225. The van der Waals surface area contributed by atoms with E-state index in [-0.39, 0.29) is 12.5 Å². The second-order valence-corrected chi connectivity index (χ2v) is 3.40. The monoisotopic (exact) mass is 216 g/mol. The van der Waals surface area contributed by atoms with Gasteiger partial charge in [0.05, 0.1) is 6.54 Å². The average Bonchev–Trinajstić information content (AvgIpc) is 2.20. The van der Waals surface area contributed by atoms with E-state index in [4.69, 9.17) is 5.11 Å². The lowest BCUT2D eigenvalue weighted by atomic mass is 9.93. The van der Waals surface area contributed by atoms with Crippen molar-refractivity contribution in [2.24, 2.45) is 0 Å². The summed E-state index contributed by atoms with van der Waals surface area (Å²) in [5.74, 6) is -1.08. The van der Waals surface area contributed by atoms with Gasteiger partial charge in [0, 0.05) is 6.54 Å². The molecule has 0 bridgehead atoms. The molecule has 0 aromatic carbocycles. The summed E-state index contributed by atoms with van der Waals surface area (Å²) in [6.07, 6.45) is 0.913. The molecule has 0 unspecified atom stereocenters. The highest BCUT2D eigenvalue weighted by molar-refractivity contribution is 5.82. The van der Waals surface area contributed by atoms with Crippen molar-refractivity contribution >= 4 is 11.9 Å². The fourth-order valence-corrected chi connectivity index (χ4v) is 1.39. The van der Waals surface area contributed by atoms with E-state index in [0.29, 0.717) is 19.4 Å². The smallest absolute Gasteiger partial charge is 0.323 e. The normalized spacial score (nSPS) is 11.1. The number of rotatable bonds is 7. The molecule has 0 aromatic rings. The highest BCUT2D eigenvalue weighted by atomic mass is 16.4. The second-order valence-electron chi connectivity index (χ2n) is 3.40. The molecular formula is C10H20N2O3. The number of carbonyl (C=O) groups is 2. The molecule has 0 saturated heterocycles. The van der Waals surface area contributed by atoms with Crippen LogP contribution in [0, 0.1) is 0 Å². The maximum Gasteiger partial charge on any atom is 0.323 e. The molecule has 0 heterocycles. The lowest BCUT2D eigenvalue weighted by Crippen LogP contribution is -2.54. The Hall–Kier alpha value is -1.10. The number of carbonyl (C=O) groups excluding carboxylic acids is 1. The average molecular weight is 216 g/mol. The largest absolute Gasteiger partial charge is 0.480 e. The third-order valence-corrected chi connectivity index (χ3v) is 2.58. The molecule has 3 N–H and O–H groups in total. The van der Waals surface area contributed by atoms with Crippen molar-refractivity contribution < 1.29 is 14.7 Å². The Kier molecular flexibility index (Phi) is 5.93. The number of hydrogen-bond acceptors (Lipinski definition) is 3. The molecule has 5 nitrogen and oxygen atoms in total. The highest BCUT2D eigenvalue weighted by Crippen LogP contribution is 2.14. The summed E-state index contributed by atoms with van der Waals surface area (Å²) in [7, 11) is 0. The predicted molar refractivity (Wildman–Crippen MR) is 57.6 cm³/mol. The van der Waals surface area contributed by atoms with Crippen LogP contribution in [0.15, 0.2) is 0 Å². The van der Waals surface area contributed by atoms with Gasteiger partial charge in [0.1, 0.15) is 5.54 Å². The van der Waals surface area contributed by atoms with Gasteiger partial charge in [-0.15, -0.1) is 0 Å². The quantitative estimate of drug-likeness (QED) is 0.574. The molecule has 5 heteroatoms. The SMILES string of the molecule is CCNC(=O)CNC(CC)(CC)C(=O)O. The molecule has 0 rings (SSSR count). The van der Waals surface area contributed by atoms with Crippen molar-refractivity contribution in [2.45, 2.75) is 39.2 Å². The van der Waals surface area contributed by atoms with Crippen molar-refractivity contribution in [2.75, 3.05) is 13.1 Å². The first-order valence-electron chi connectivity index (χ1n) is 5.27. The van der Waals surface area contributed by atoms with E-state index in [2.05, 4.69) is 10.6 Å². The molecule has 88 valence electrons. The van der Waals surface area contributed by atoms with Crippen molar-refractivity contribution in [1.82, 2.24) is 10.6 Å². The van der Waals surface area contributed by atoms with E-state index in [1.54, 1.807) is 13.8 Å². The van der Waals surface area contributed by atoms with Crippen LogP contribution in [0.3, 0.4) is 0 Å². The molecule has 0 spiro atoms. The van der Waals surface area contributed by atoms with Gasteiger partial charge in [-0.3, -0.25) is 14.9 Å². The second kappa shape index (κ2) is 6.40. The number of hydrogen-bond donors (Lipinski definition) is 3. The van der Waals surface area contributed by atoms with Crippen molar-refractivity contribution in [1.29, 1.82) is 0 Å². The minimum Gasteiger partial charge on any atom is -0.480 e. The van der Waals surface area contributed by atoms with Gasteiger partial charge in [-0.1, -0.05) is 13.8 Å². The van der Waals surface area contributed by atoms with Crippen molar-refractivity contribution in [3.63, 3.8) is 0 Å². The summed E-state index contributed by atoms with van der Waals surface area (Å²) >= 11 is 0. The van der Waals surface area contributed by atoms with Crippen LogP contribution in [0.1, 0.15) is 33.6 Å². The zero-order chi connectivity index (χ0) is 11.9. The third-order valence-electron chi connectivity index (χ3n) is 2.58. The van der Waals surface area contributed by atoms with Gasteiger partial charge in [0.25, 0.3) is 0 Å². The van der Waals surface area contributed by atoms with Crippen LogP contribution < -0.4 is 10.6 Å². The molecule has 0 aliphatic heterocycles. The first-order valence-corrected chi connectivity index (χ1v) is 5.27. The third kappa shape index (κ3) is 3.87. The van der Waals surface area contributed by atoms with Gasteiger partial charge in [-0.25, -0.2) is 0 Å². The summed E-state index contributed by atoms with van der Waals surface area (Å²) in [5, 5.41) is 14.5. The number of aliphatic carboxylic acids is 1. The van der Waals surface area contributed by atoms with Crippen molar-refractivity contribution in [3.05, 3.63) is 0 Å². The van der Waals surface area contributed by atoms with Crippen LogP contribution in [0.4, 0.5) is 0 Å². The molecule has 0 radical (unpaired) electrons. The zero-order valence-corrected chi connectivity index (χ0v) is 9.59. The van der Waals surface area contributed by atoms with Crippen LogP contribution in [0.25, 0.3) is 0 Å². The van der Waals surface area contributed by atoms with Crippen LogP contribution in [-0.4, -0.2) is 35.6 Å². The Balaban J connectivity index is 4.30. The van der Waals surface area contributed by atoms with E-state index in [1.807, 2.05) is 6.92 Å². The molecule has 1 amide bonds. The first-order chi connectivity index (χ1) is 7.02. The maximum atomic E-state index is 11.2. The molecule has 0 aliphatic rings. The van der Waals surface area contributed by atoms with E-state index in [9.17, 15) is 9.59 Å². The van der Waals surface area contributed by atoms with Gasteiger partial charge in [-0.05, 0) is 19.8 Å². The van der Waals surface area contributed by atoms with Gasteiger partial charge in [0.15, 0.2) is 0 Å². The molecule has 0 atom stereocenters. The minimum absolute atomic E-state index is 0.0435. The van der Waals surface area contributed by atoms with E-state index in [1.165, 1.54) is 0 Å². The van der Waals surface area contributed by atoms with E-state index >= 15 is 0 Å². The molecular weight excluding hydrogens is 196 g/mol. The van der Waals surface area contributed by atoms with Crippen molar-refractivity contribution in [3.8, 4) is 0 Å². The van der Waals surface area contributed by atoms with Crippen LogP contribution in [0.5, 0.6) is 0 Å². The van der Waals surface area contributed by atoms with E-state index < -0.39 is 11.5 Å². The van der Waals surface area contributed by atoms with Gasteiger partial charge < -0.3 is 10.4 Å². The Morgan fingerprint density at radius 1 is 1.20 bits per heavy atom. The highest BCUT2D eigenvalue weighted by Gasteiger charge is 2.34. The summed E-state index contributed by atoms with van der Waals surface area (Å²) in [5.41, 5.74) is -0.981. The molecule has 0 saturated carbocycles. The minimum atomic E-state index is -0.981. The summed E-state index contributed by atoms with van der Waals surface area (Å²) in [6.45, 7) is 6.01. The lowest BCUT2D eigenvalue weighted by Gasteiger charge is -2.27. The summed E-state index contributed by atoms with van der Waals surface area (Å²) in [6, 6.07) is 0. The molecule has 0 aliphatic carbocycles. The standard InChI is InChI=1S/C10H20N2O3/c1-4-10(5-2,9(14)15)12-7-8(13)11-6-3/h12H,4-7H2,1-3H3,(H,11,13)(H,14,15). The Labute approximate surface area is 90.2 Å². The maximum absolute atomic E-state index is 11.2. The number of carboxylic acid groups (broad SMARTS) is 1. The number of carboxylic acids is 1. The van der Waals surface area contributed by atoms with Gasteiger partial charge in [-0.2, -0.15) is 0 Å². The fraction of sp³-hybridized carbons (Fsp3) is 0.800.